The molecule has 0 saturated carbocycles. The standard InChI is InChI=1S/C13H17N3O2/c1-3-6-16-9-11(8-15-16)13(17)10-4-5-12(18-2)14-7-10/h4-5,7-9,13,17H,3,6H2,1-2H3. The molecule has 0 bridgehead atoms. The Kier molecular flexibility index (Phi) is 3.94. The van der Waals surface area contributed by atoms with Crippen molar-refractivity contribution in [1.29, 1.82) is 0 Å². The SMILES string of the molecule is CCCn1cc(C(O)c2ccc(OC)nc2)cn1. The summed E-state index contributed by atoms with van der Waals surface area (Å²) in [6, 6.07) is 3.53. The number of ether oxygens (including phenoxy) is 1. The maximum absolute atomic E-state index is 10.2. The van der Waals surface area contributed by atoms with Gasteiger partial charge in [0.15, 0.2) is 0 Å². The van der Waals surface area contributed by atoms with E-state index in [4.69, 9.17) is 4.74 Å². The number of aryl methyl sites for hydroxylation is 1. The summed E-state index contributed by atoms with van der Waals surface area (Å²) >= 11 is 0. The minimum Gasteiger partial charge on any atom is -0.481 e. The Labute approximate surface area is 106 Å². The molecule has 1 N–H and O–H groups in total. The van der Waals surface area contributed by atoms with E-state index in [-0.39, 0.29) is 0 Å². The first kappa shape index (κ1) is 12.6. The second-order valence-electron chi connectivity index (χ2n) is 4.07. The van der Waals surface area contributed by atoms with Crippen molar-refractivity contribution in [2.75, 3.05) is 7.11 Å². The largest absolute Gasteiger partial charge is 0.481 e. The van der Waals surface area contributed by atoms with Gasteiger partial charge in [-0.1, -0.05) is 6.92 Å². The van der Waals surface area contributed by atoms with Gasteiger partial charge in [0.2, 0.25) is 5.88 Å². The van der Waals surface area contributed by atoms with Crippen molar-refractivity contribution in [3.63, 3.8) is 0 Å². The molecule has 0 saturated heterocycles. The number of hydrogen-bond donors (Lipinski definition) is 1. The highest BCUT2D eigenvalue weighted by Gasteiger charge is 2.13. The van der Waals surface area contributed by atoms with Crippen molar-refractivity contribution < 1.29 is 9.84 Å². The van der Waals surface area contributed by atoms with Gasteiger partial charge < -0.3 is 9.84 Å². The molecule has 2 heterocycles. The average Bonchev–Trinajstić information content (AvgIpc) is 2.87. The minimum atomic E-state index is -0.700. The van der Waals surface area contributed by atoms with Crippen LogP contribution in [0, 0.1) is 0 Å². The van der Waals surface area contributed by atoms with Crippen molar-refractivity contribution in [2.24, 2.45) is 0 Å². The monoisotopic (exact) mass is 247 g/mol. The number of pyridine rings is 1. The lowest BCUT2D eigenvalue weighted by Crippen LogP contribution is -2.00. The first-order valence-electron chi connectivity index (χ1n) is 5.95. The molecule has 0 spiro atoms. The molecule has 0 aliphatic rings. The predicted octanol–water partition coefficient (Wildman–Crippen LogP) is 1.78. The van der Waals surface area contributed by atoms with E-state index in [1.807, 2.05) is 10.9 Å². The topological polar surface area (TPSA) is 60.2 Å². The van der Waals surface area contributed by atoms with Gasteiger partial charge in [-0.25, -0.2) is 4.98 Å². The molecular weight excluding hydrogens is 230 g/mol. The molecule has 0 aliphatic carbocycles. The summed E-state index contributed by atoms with van der Waals surface area (Å²) in [5.74, 6) is 0.535. The lowest BCUT2D eigenvalue weighted by atomic mass is 10.1. The maximum atomic E-state index is 10.2. The molecular formula is C13H17N3O2. The Bertz CT molecular complexity index is 493. The van der Waals surface area contributed by atoms with Gasteiger partial charge in [-0.15, -0.1) is 0 Å². The number of aliphatic hydroxyl groups excluding tert-OH is 1. The summed E-state index contributed by atoms with van der Waals surface area (Å²) in [6.07, 6.45) is 5.47. The number of rotatable bonds is 5. The molecule has 1 unspecified atom stereocenters. The Morgan fingerprint density at radius 3 is 2.78 bits per heavy atom. The molecule has 0 fully saturated rings. The zero-order chi connectivity index (χ0) is 13.0. The zero-order valence-corrected chi connectivity index (χ0v) is 10.6. The minimum absolute atomic E-state index is 0.535. The van der Waals surface area contributed by atoms with Gasteiger partial charge >= 0.3 is 0 Å². The molecule has 2 rings (SSSR count). The van der Waals surface area contributed by atoms with Crippen LogP contribution in [0.3, 0.4) is 0 Å². The molecule has 18 heavy (non-hydrogen) atoms. The van der Waals surface area contributed by atoms with Crippen molar-refractivity contribution in [1.82, 2.24) is 14.8 Å². The Hall–Kier alpha value is -1.88. The number of hydrogen-bond acceptors (Lipinski definition) is 4. The Morgan fingerprint density at radius 1 is 1.33 bits per heavy atom. The Morgan fingerprint density at radius 2 is 2.17 bits per heavy atom. The van der Waals surface area contributed by atoms with Crippen LogP contribution in [0.5, 0.6) is 5.88 Å². The van der Waals surface area contributed by atoms with E-state index in [0.717, 1.165) is 24.1 Å². The summed E-state index contributed by atoms with van der Waals surface area (Å²) < 4.78 is 6.81. The summed E-state index contributed by atoms with van der Waals surface area (Å²) in [5.41, 5.74) is 1.50. The maximum Gasteiger partial charge on any atom is 0.212 e. The zero-order valence-electron chi connectivity index (χ0n) is 10.6. The third kappa shape index (κ3) is 2.68. The van der Waals surface area contributed by atoms with E-state index in [1.54, 1.807) is 31.6 Å². The van der Waals surface area contributed by atoms with Crippen molar-refractivity contribution in [2.45, 2.75) is 26.0 Å². The van der Waals surface area contributed by atoms with Crippen LogP contribution in [0.4, 0.5) is 0 Å². The van der Waals surface area contributed by atoms with E-state index in [9.17, 15) is 5.11 Å². The van der Waals surface area contributed by atoms with Crippen LogP contribution in [0.1, 0.15) is 30.6 Å². The van der Waals surface area contributed by atoms with E-state index in [1.165, 1.54) is 0 Å². The van der Waals surface area contributed by atoms with E-state index < -0.39 is 6.10 Å². The molecule has 5 heteroatoms. The third-order valence-corrected chi connectivity index (χ3v) is 2.71. The van der Waals surface area contributed by atoms with Crippen LogP contribution in [0.25, 0.3) is 0 Å². The van der Waals surface area contributed by atoms with E-state index in [2.05, 4.69) is 17.0 Å². The molecule has 96 valence electrons. The van der Waals surface area contributed by atoms with Crippen molar-refractivity contribution >= 4 is 0 Å². The molecule has 1 atom stereocenters. The number of aliphatic hydroxyl groups is 1. The lowest BCUT2D eigenvalue weighted by Gasteiger charge is -2.08. The molecule has 0 amide bonds. The molecule has 2 aromatic heterocycles. The molecule has 2 aromatic rings. The van der Waals surface area contributed by atoms with Crippen LogP contribution in [0.15, 0.2) is 30.7 Å². The summed E-state index contributed by atoms with van der Waals surface area (Å²) in [7, 11) is 1.56. The van der Waals surface area contributed by atoms with Gasteiger partial charge in [0.05, 0.1) is 13.3 Å². The van der Waals surface area contributed by atoms with Crippen LogP contribution in [-0.4, -0.2) is 27.0 Å². The summed E-state index contributed by atoms with van der Waals surface area (Å²) in [4.78, 5) is 4.08. The van der Waals surface area contributed by atoms with Crippen LogP contribution in [-0.2, 0) is 6.54 Å². The van der Waals surface area contributed by atoms with Gasteiger partial charge in [0.1, 0.15) is 6.10 Å². The van der Waals surface area contributed by atoms with Gasteiger partial charge in [0.25, 0.3) is 0 Å². The fraction of sp³-hybridized carbons (Fsp3) is 0.385. The van der Waals surface area contributed by atoms with Crippen LogP contribution >= 0.6 is 0 Å². The molecule has 5 nitrogen and oxygen atoms in total. The van der Waals surface area contributed by atoms with Gasteiger partial charge in [0, 0.05) is 36.1 Å². The normalized spacial score (nSPS) is 12.4. The molecule has 0 aliphatic heterocycles. The third-order valence-electron chi connectivity index (χ3n) is 2.71. The highest BCUT2D eigenvalue weighted by molar-refractivity contribution is 5.27. The number of methoxy groups -OCH3 is 1. The lowest BCUT2D eigenvalue weighted by molar-refractivity contribution is 0.219. The average molecular weight is 247 g/mol. The van der Waals surface area contributed by atoms with E-state index in [0.29, 0.717) is 5.88 Å². The number of aromatic nitrogens is 3. The number of nitrogens with zero attached hydrogens (tertiary/aromatic N) is 3. The van der Waals surface area contributed by atoms with Crippen LogP contribution in [0.2, 0.25) is 0 Å². The van der Waals surface area contributed by atoms with Crippen LogP contribution < -0.4 is 4.74 Å². The molecule has 0 aromatic carbocycles. The highest BCUT2D eigenvalue weighted by Crippen LogP contribution is 2.21. The predicted molar refractivity (Wildman–Crippen MR) is 67.4 cm³/mol. The molecule has 0 radical (unpaired) electrons. The summed E-state index contributed by atoms with van der Waals surface area (Å²) in [6.45, 7) is 2.94. The fourth-order valence-corrected chi connectivity index (χ4v) is 1.74. The van der Waals surface area contributed by atoms with Gasteiger partial charge in [-0.05, 0) is 12.5 Å². The van der Waals surface area contributed by atoms with Crippen molar-refractivity contribution in [3.8, 4) is 5.88 Å². The first-order valence-corrected chi connectivity index (χ1v) is 5.95. The highest BCUT2D eigenvalue weighted by atomic mass is 16.5. The Balaban J connectivity index is 2.15. The quantitative estimate of drug-likeness (QED) is 0.875. The second kappa shape index (κ2) is 5.64. The second-order valence-corrected chi connectivity index (χ2v) is 4.07. The fourth-order valence-electron chi connectivity index (χ4n) is 1.74. The first-order chi connectivity index (χ1) is 8.74. The van der Waals surface area contributed by atoms with Gasteiger partial charge in [-0.3, -0.25) is 4.68 Å². The van der Waals surface area contributed by atoms with E-state index >= 15 is 0 Å². The smallest absolute Gasteiger partial charge is 0.212 e. The van der Waals surface area contributed by atoms with Crippen molar-refractivity contribution in [3.05, 3.63) is 41.9 Å². The van der Waals surface area contributed by atoms with Gasteiger partial charge in [-0.2, -0.15) is 5.10 Å². The summed E-state index contributed by atoms with van der Waals surface area (Å²) in [5, 5.41) is 14.4.